The molecule has 0 N–H and O–H groups in total. The molecule has 4 rings (SSSR count). The van der Waals surface area contributed by atoms with Gasteiger partial charge < -0.3 is 19.1 Å². The van der Waals surface area contributed by atoms with Crippen LogP contribution in [-0.4, -0.2) is 67.4 Å². The van der Waals surface area contributed by atoms with E-state index in [1.54, 1.807) is 9.80 Å². The van der Waals surface area contributed by atoms with Crippen molar-refractivity contribution in [1.29, 1.82) is 0 Å². The minimum atomic E-state index is -1.31. The third-order valence-corrected chi connectivity index (χ3v) is 9.27. The number of hydrogen-bond acceptors (Lipinski definition) is 6. The first-order valence-electron chi connectivity index (χ1n) is 14.6. The Labute approximate surface area is 245 Å². The van der Waals surface area contributed by atoms with Crippen LogP contribution in [0, 0.1) is 5.92 Å². The molecule has 41 heavy (non-hydrogen) atoms. The summed E-state index contributed by atoms with van der Waals surface area (Å²) in [5.74, 6) is -0.656. The molecule has 2 aliphatic heterocycles. The highest BCUT2D eigenvalue weighted by atomic mass is 28.3. The molecule has 2 fully saturated rings. The highest BCUT2D eigenvalue weighted by molar-refractivity contribution is 6.76. The van der Waals surface area contributed by atoms with Gasteiger partial charge in [0, 0.05) is 21.2 Å². The lowest BCUT2D eigenvalue weighted by Crippen LogP contribution is -2.59. The van der Waals surface area contributed by atoms with Gasteiger partial charge in [0.15, 0.2) is 6.10 Å². The highest BCUT2D eigenvalue weighted by Crippen LogP contribution is 2.45. The summed E-state index contributed by atoms with van der Waals surface area (Å²) < 4.78 is 17.7. The summed E-state index contributed by atoms with van der Waals surface area (Å²) in [7, 11) is -1.31. The van der Waals surface area contributed by atoms with E-state index in [0.29, 0.717) is 32.5 Å². The van der Waals surface area contributed by atoms with Gasteiger partial charge in [0.25, 0.3) is 0 Å². The molecule has 2 aromatic rings. The van der Waals surface area contributed by atoms with E-state index in [4.69, 9.17) is 14.2 Å². The molecule has 0 aromatic heterocycles. The first-order chi connectivity index (χ1) is 19.3. The molecule has 0 bridgehead atoms. The van der Waals surface area contributed by atoms with Gasteiger partial charge in [0.2, 0.25) is 0 Å². The van der Waals surface area contributed by atoms with Gasteiger partial charge in [0.05, 0.1) is 6.61 Å². The second-order valence-electron chi connectivity index (χ2n) is 13.2. The molecule has 2 saturated heterocycles. The number of carbonyl (C=O) groups excluding carboxylic acids is 3. The molecule has 2 aliphatic rings. The van der Waals surface area contributed by atoms with Gasteiger partial charge in [-0.3, -0.25) is 4.90 Å². The van der Waals surface area contributed by atoms with Crippen LogP contribution in [0.2, 0.25) is 25.7 Å². The zero-order valence-electron chi connectivity index (χ0n) is 25.2. The Morgan fingerprint density at radius 3 is 1.98 bits per heavy atom. The number of morpholine rings is 1. The van der Waals surface area contributed by atoms with Crippen molar-refractivity contribution in [3.05, 3.63) is 71.8 Å². The number of nitrogens with zero attached hydrogens (tertiary/aromatic N) is 2. The Bertz CT molecular complexity index is 1190. The topological polar surface area (TPSA) is 85.4 Å². The zero-order chi connectivity index (χ0) is 29.8. The Hall–Kier alpha value is -3.33. The fourth-order valence-electron chi connectivity index (χ4n) is 5.47. The van der Waals surface area contributed by atoms with Crippen LogP contribution in [0.25, 0.3) is 0 Å². The third-order valence-electron chi connectivity index (χ3n) is 7.57. The molecule has 3 atom stereocenters. The van der Waals surface area contributed by atoms with Crippen molar-refractivity contribution in [2.75, 3.05) is 19.7 Å². The molecule has 8 nitrogen and oxygen atoms in total. The van der Waals surface area contributed by atoms with Crippen molar-refractivity contribution >= 4 is 26.2 Å². The van der Waals surface area contributed by atoms with Crippen molar-refractivity contribution in [3.63, 3.8) is 0 Å². The molecular formula is C32H44N2O6Si. The molecule has 2 heterocycles. The summed E-state index contributed by atoms with van der Waals surface area (Å²) in [5.41, 5.74) is 0.904. The Kier molecular flexibility index (Phi) is 9.47. The number of ether oxygens (including phenoxy) is 3. The number of likely N-dealkylation sites (tertiary alicyclic amines) is 1. The average Bonchev–Trinajstić information content (AvgIpc) is 2.92. The summed E-state index contributed by atoms with van der Waals surface area (Å²) >= 11 is 0. The smallest absolute Gasteiger partial charge is 0.411 e. The van der Waals surface area contributed by atoms with Gasteiger partial charge in [-0.25, -0.2) is 14.4 Å². The van der Waals surface area contributed by atoms with E-state index in [-0.39, 0.29) is 12.0 Å². The second-order valence-corrected chi connectivity index (χ2v) is 18.8. The van der Waals surface area contributed by atoms with Crippen molar-refractivity contribution in [2.24, 2.45) is 5.92 Å². The maximum absolute atomic E-state index is 14.0. The first-order valence-corrected chi connectivity index (χ1v) is 18.3. The summed E-state index contributed by atoms with van der Waals surface area (Å²) in [6.45, 7) is 13.5. The minimum Gasteiger partial charge on any atom is -0.453 e. The SMILES string of the molecule is CC(C)(C)OC(=O)N1[C@H](c2ccccc2)[C@H](c2ccccc2)OC(=O)[C@H]1C1CCN(C(=O)OCC[Si](C)(C)C)CC1. The molecular weight excluding hydrogens is 536 g/mol. The van der Waals surface area contributed by atoms with Crippen LogP contribution in [-0.2, 0) is 19.0 Å². The maximum Gasteiger partial charge on any atom is 0.411 e. The van der Waals surface area contributed by atoms with Gasteiger partial charge in [-0.1, -0.05) is 80.3 Å². The van der Waals surface area contributed by atoms with Gasteiger partial charge in [0.1, 0.15) is 17.7 Å². The zero-order valence-corrected chi connectivity index (χ0v) is 26.2. The Morgan fingerprint density at radius 1 is 0.878 bits per heavy atom. The predicted octanol–water partition coefficient (Wildman–Crippen LogP) is 6.82. The fraction of sp³-hybridized carbons (Fsp3) is 0.531. The van der Waals surface area contributed by atoms with Crippen LogP contribution < -0.4 is 0 Å². The first kappa shape index (κ1) is 30.6. The van der Waals surface area contributed by atoms with E-state index in [0.717, 1.165) is 17.2 Å². The lowest BCUT2D eigenvalue weighted by Gasteiger charge is -2.48. The highest BCUT2D eigenvalue weighted by Gasteiger charge is 2.52. The number of cyclic esters (lactones) is 1. The number of esters is 1. The number of hydrogen-bond donors (Lipinski definition) is 0. The molecule has 2 aromatic carbocycles. The largest absolute Gasteiger partial charge is 0.453 e. The number of rotatable bonds is 6. The van der Waals surface area contributed by atoms with Crippen LogP contribution in [0.3, 0.4) is 0 Å². The predicted molar refractivity (Wildman–Crippen MR) is 160 cm³/mol. The lowest BCUT2D eigenvalue weighted by atomic mass is 9.83. The van der Waals surface area contributed by atoms with Crippen LogP contribution in [0.15, 0.2) is 60.7 Å². The van der Waals surface area contributed by atoms with E-state index < -0.39 is 43.9 Å². The normalized spacial score (nSPS) is 22.2. The van der Waals surface area contributed by atoms with E-state index in [9.17, 15) is 14.4 Å². The Morgan fingerprint density at radius 2 is 1.44 bits per heavy atom. The lowest BCUT2D eigenvalue weighted by molar-refractivity contribution is -0.179. The molecule has 0 radical (unpaired) electrons. The molecule has 0 unspecified atom stereocenters. The van der Waals surface area contributed by atoms with Crippen molar-refractivity contribution < 1.29 is 28.6 Å². The third kappa shape index (κ3) is 7.90. The van der Waals surface area contributed by atoms with Crippen LogP contribution >= 0.6 is 0 Å². The quantitative estimate of drug-likeness (QED) is 0.212. The molecule has 0 saturated carbocycles. The molecule has 0 aliphatic carbocycles. The number of piperidine rings is 1. The number of carbonyl (C=O) groups is 3. The summed E-state index contributed by atoms with van der Waals surface area (Å²) in [4.78, 5) is 43.8. The van der Waals surface area contributed by atoms with Crippen molar-refractivity contribution in [2.45, 2.75) is 83.1 Å². The molecule has 222 valence electrons. The fourth-order valence-corrected chi connectivity index (χ4v) is 6.18. The average molecular weight is 581 g/mol. The maximum atomic E-state index is 14.0. The molecule has 9 heteroatoms. The van der Waals surface area contributed by atoms with Crippen LogP contribution in [0.4, 0.5) is 9.59 Å². The van der Waals surface area contributed by atoms with Gasteiger partial charge >= 0.3 is 18.2 Å². The van der Waals surface area contributed by atoms with Crippen LogP contribution in [0.5, 0.6) is 0 Å². The molecule has 2 amide bonds. The van der Waals surface area contributed by atoms with E-state index in [1.165, 1.54) is 0 Å². The van der Waals surface area contributed by atoms with Gasteiger partial charge in [-0.2, -0.15) is 0 Å². The standard InChI is InChI=1S/C32H44N2O6Si/c1-32(2,3)40-31(37)34-26(23-13-9-7-10-14-23)28(25-15-11-8-12-16-25)39-29(35)27(34)24-17-19-33(20-18-24)30(36)38-21-22-41(4,5)6/h7-16,24,26-28H,17-22H2,1-6H3/t26-,27-,28+/m1/s1. The second kappa shape index (κ2) is 12.7. The van der Waals surface area contributed by atoms with Crippen LogP contribution in [0.1, 0.15) is 56.9 Å². The van der Waals surface area contributed by atoms with Gasteiger partial charge in [-0.15, -0.1) is 0 Å². The minimum absolute atomic E-state index is 0.205. The summed E-state index contributed by atoms with van der Waals surface area (Å²) in [6, 6.07) is 18.7. The van der Waals surface area contributed by atoms with E-state index in [2.05, 4.69) is 19.6 Å². The number of amides is 2. The monoisotopic (exact) mass is 580 g/mol. The molecule has 0 spiro atoms. The van der Waals surface area contributed by atoms with E-state index in [1.807, 2.05) is 81.4 Å². The van der Waals surface area contributed by atoms with Crippen molar-refractivity contribution in [1.82, 2.24) is 9.80 Å². The number of benzene rings is 2. The Balaban J connectivity index is 1.62. The van der Waals surface area contributed by atoms with Gasteiger partial charge in [-0.05, 0) is 56.7 Å². The summed E-state index contributed by atoms with van der Waals surface area (Å²) in [6.07, 6.45) is -0.485. The van der Waals surface area contributed by atoms with E-state index >= 15 is 0 Å². The van der Waals surface area contributed by atoms with Crippen molar-refractivity contribution in [3.8, 4) is 0 Å². The summed E-state index contributed by atoms with van der Waals surface area (Å²) in [5, 5.41) is 0.